The molecule has 0 aromatic heterocycles. The van der Waals surface area contributed by atoms with Gasteiger partial charge < -0.3 is 4.74 Å². The van der Waals surface area contributed by atoms with Crippen molar-refractivity contribution in [1.29, 1.82) is 5.26 Å². The molecule has 0 aliphatic heterocycles. The van der Waals surface area contributed by atoms with Crippen LogP contribution >= 0.6 is 0 Å². The highest BCUT2D eigenvalue weighted by atomic mass is 19.4. The normalized spacial score (nSPS) is 10.9. The van der Waals surface area contributed by atoms with E-state index < -0.39 is 11.7 Å². The van der Waals surface area contributed by atoms with Crippen molar-refractivity contribution in [3.63, 3.8) is 0 Å². The first-order chi connectivity index (χ1) is 9.38. The Kier molecular flexibility index (Phi) is 5.56. The molecule has 0 bridgehead atoms. The fraction of sp³-hybridized carbons (Fsp3) is 0.429. The molecule has 0 amide bonds. The Balaban J connectivity index is 2.75. The van der Waals surface area contributed by atoms with E-state index in [4.69, 9.17) is 10.00 Å². The lowest BCUT2D eigenvalue weighted by Crippen LogP contribution is -2.10. The third-order valence-corrected chi connectivity index (χ3v) is 2.67. The van der Waals surface area contributed by atoms with Crippen LogP contribution in [0.1, 0.15) is 37.3 Å². The van der Waals surface area contributed by atoms with Gasteiger partial charge in [0.05, 0.1) is 23.8 Å². The van der Waals surface area contributed by atoms with Gasteiger partial charge in [0.2, 0.25) is 0 Å². The van der Waals surface area contributed by atoms with Gasteiger partial charge in [0.25, 0.3) is 0 Å². The molecule has 108 valence electrons. The van der Waals surface area contributed by atoms with Gasteiger partial charge in [-0.2, -0.15) is 18.4 Å². The number of rotatable bonds is 6. The summed E-state index contributed by atoms with van der Waals surface area (Å²) in [7, 11) is 0. The largest absolute Gasteiger partial charge is 0.493 e. The average molecular weight is 285 g/mol. The van der Waals surface area contributed by atoms with Crippen molar-refractivity contribution in [2.45, 2.75) is 32.4 Å². The highest BCUT2D eigenvalue weighted by molar-refractivity contribution is 5.77. The molecule has 0 atom stereocenters. The van der Waals surface area contributed by atoms with Gasteiger partial charge in [-0.25, -0.2) is 0 Å². The molecule has 3 nitrogen and oxygen atoms in total. The van der Waals surface area contributed by atoms with Crippen LogP contribution in [-0.4, -0.2) is 12.4 Å². The minimum Gasteiger partial charge on any atom is -0.493 e. The van der Waals surface area contributed by atoms with Crippen LogP contribution in [0, 0.1) is 11.3 Å². The van der Waals surface area contributed by atoms with E-state index in [0.29, 0.717) is 12.8 Å². The number of ether oxygens (including phenoxy) is 1. The first-order valence-corrected chi connectivity index (χ1v) is 6.14. The van der Waals surface area contributed by atoms with E-state index >= 15 is 0 Å². The smallest absolute Gasteiger partial charge is 0.420 e. The van der Waals surface area contributed by atoms with Crippen molar-refractivity contribution in [2.24, 2.45) is 0 Å². The minimum absolute atomic E-state index is 0.0285. The quantitative estimate of drug-likeness (QED) is 0.748. The monoisotopic (exact) mass is 285 g/mol. The van der Waals surface area contributed by atoms with Crippen molar-refractivity contribution in [3.05, 3.63) is 29.3 Å². The van der Waals surface area contributed by atoms with E-state index in [-0.39, 0.29) is 30.1 Å². The summed E-state index contributed by atoms with van der Waals surface area (Å²) < 4.78 is 43.5. The first kappa shape index (κ1) is 16.0. The summed E-state index contributed by atoms with van der Waals surface area (Å²) in [4.78, 5) is 11.1. The van der Waals surface area contributed by atoms with Gasteiger partial charge in [0, 0.05) is 12.8 Å². The molecule has 20 heavy (non-hydrogen) atoms. The molecule has 1 aromatic rings. The zero-order valence-electron chi connectivity index (χ0n) is 11.0. The summed E-state index contributed by atoms with van der Waals surface area (Å²) >= 11 is 0. The maximum Gasteiger partial charge on any atom is 0.420 e. The number of nitrogens with zero attached hydrogens (tertiary/aromatic N) is 1. The van der Waals surface area contributed by atoms with Gasteiger partial charge in [-0.3, -0.25) is 4.79 Å². The minimum atomic E-state index is -4.58. The van der Waals surface area contributed by atoms with Gasteiger partial charge in [-0.05, 0) is 24.6 Å². The van der Waals surface area contributed by atoms with E-state index in [1.54, 1.807) is 13.0 Å². The highest BCUT2D eigenvalue weighted by Crippen LogP contribution is 2.36. The lowest BCUT2D eigenvalue weighted by molar-refractivity contribution is -0.139. The van der Waals surface area contributed by atoms with Gasteiger partial charge >= 0.3 is 6.18 Å². The Morgan fingerprint density at radius 1 is 1.40 bits per heavy atom. The molecule has 0 spiro atoms. The van der Waals surface area contributed by atoms with Gasteiger partial charge in [-0.1, -0.05) is 6.92 Å². The van der Waals surface area contributed by atoms with Crippen LogP contribution in [0.2, 0.25) is 0 Å². The number of carbonyl (C=O) groups excluding carboxylic acids is 1. The van der Waals surface area contributed by atoms with E-state index in [1.807, 2.05) is 0 Å². The molecule has 0 fully saturated rings. The second kappa shape index (κ2) is 6.94. The van der Waals surface area contributed by atoms with Crippen LogP contribution in [0.4, 0.5) is 13.2 Å². The number of halogens is 3. The molecule has 1 rings (SSSR count). The Bertz CT molecular complexity index is 518. The number of Topliss-reactive ketones (excluding diaryl/α,β-unsaturated/α-hetero) is 1. The molecule has 0 radical (unpaired) electrons. The molecule has 0 aliphatic carbocycles. The number of benzene rings is 1. The Labute approximate surface area is 115 Å². The maximum atomic E-state index is 12.8. The summed E-state index contributed by atoms with van der Waals surface area (Å²) in [6, 6.07) is 4.81. The lowest BCUT2D eigenvalue weighted by Gasteiger charge is -2.14. The van der Waals surface area contributed by atoms with Gasteiger partial charge in [0.1, 0.15) is 11.5 Å². The zero-order chi connectivity index (χ0) is 15.2. The topological polar surface area (TPSA) is 50.1 Å². The number of hydrogen-bond donors (Lipinski definition) is 0. The summed E-state index contributed by atoms with van der Waals surface area (Å²) in [5.74, 6) is -0.273. The molecule has 6 heteroatoms. The van der Waals surface area contributed by atoms with Crippen LogP contribution in [0.15, 0.2) is 18.2 Å². The van der Waals surface area contributed by atoms with Crippen LogP contribution in [-0.2, 0) is 11.0 Å². The molecular formula is C14H14F3NO2. The molecule has 0 aliphatic rings. The van der Waals surface area contributed by atoms with E-state index in [0.717, 1.165) is 12.1 Å². The molecule has 1 aromatic carbocycles. The van der Waals surface area contributed by atoms with Crippen LogP contribution < -0.4 is 4.74 Å². The van der Waals surface area contributed by atoms with E-state index in [9.17, 15) is 18.0 Å². The number of nitriles is 1. The summed E-state index contributed by atoms with van der Waals surface area (Å²) in [5.41, 5.74) is -1.05. The number of alkyl halides is 3. The molecule has 0 saturated heterocycles. The summed E-state index contributed by atoms with van der Waals surface area (Å²) in [5, 5.41) is 8.63. The SMILES string of the molecule is CCC(=O)CCCOc1ccc(C#N)cc1C(F)(F)F. The predicted octanol–water partition coefficient (Wildman–Crippen LogP) is 3.72. The van der Waals surface area contributed by atoms with Crippen molar-refractivity contribution in [1.82, 2.24) is 0 Å². The second-order valence-corrected chi connectivity index (χ2v) is 4.16. The highest BCUT2D eigenvalue weighted by Gasteiger charge is 2.34. The third-order valence-electron chi connectivity index (χ3n) is 2.67. The standard InChI is InChI=1S/C14H14F3NO2/c1-2-11(19)4-3-7-20-13-6-5-10(9-18)8-12(13)14(15,16)17/h5-6,8H,2-4,7H2,1H3. The zero-order valence-corrected chi connectivity index (χ0v) is 11.0. The Morgan fingerprint density at radius 3 is 2.65 bits per heavy atom. The van der Waals surface area contributed by atoms with Crippen LogP contribution in [0.3, 0.4) is 0 Å². The maximum absolute atomic E-state index is 12.8. The number of ketones is 1. The van der Waals surface area contributed by atoms with Gasteiger partial charge in [-0.15, -0.1) is 0 Å². The molecule has 0 saturated carbocycles. The van der Waals surface area contributed by atoms with Gasteiger partial charge in [0.15, 0.2) is 0 Å². The van der Waals surface area contributed by atoms with Crippen LogP contribution in [0.25, 0.3) is 0 Å². The molecular weight excluding hydrogens is 271 g/mol. The van der Waals surface area contributed by atoms with Crippen molar-refractivity contribution in [3.8, 4) is 11.8 Å². The molecule has 0 unspecified atom stereocenters. The number of hydrogen-bond acceptors (Lipinski definition) is 3. The molecule has 0 N–H and O–H groups in total. The molecule has 0 heterocycles. The van der Waals surface area contributed by atoms with Crippen molar-refractivity contribution in [2.75, 3.05) is 6.61 Å². The second-order valence-electron chi connectivity index (χ2n) is 4.16. The Hall–Kier alpha value is -2.03. The Morgan fingerprint density at radius 2 is 2.10 bits per heavy atom. The first-order valence-electron chi connectivity index (χ1n) is 6.14. The third kappa shape index (κ3) is 4.57. The summed E-state index contributed by atoms with van der Waals surface area (Å²) in [6.45, 7) is 1.76. The lowest BCUT2D eigenvalue weighted by atomic mass is 10.1. The fourth-order valence-electron chi connectivity index (χ4n) is 1.58. The number of carbonyl (C=O) groups is 1. The predicted molar refractivity (Wildman–Crippen MR) is 66.2 cm³/mol. The van der Waals surface area contributed by atoms with E-state index in [2.05, 4.69) is 0 Å². The fourth-order valence-corrected chi connectivity index (χ4v) is 1.58. The van der Waals surface area contributed by atoms with Crippen LogP contribution in [0.5, 0.6) is 5.75 Å². The van der Waals surface area contributed by atoms with E-state index in [1.165, 1.54) is 6.07 Å². The van der Waals surface area contributed by atoms with Crippen molar-refractivity contribution >= 4 is 5.78 Å². The average Bonchev–Trinajstić information content (AvgIpc) is 2.42. The summed E-state index contributed by atoms with van der Waals surface area (Å²) in [6.07, 6.45) is -3.52. The van der Waals surface area contributed by atoms with Crippen molar-refractivity contribution < 1.29 is 22.7 Å².